The largest absolute Gasteiger partial charge is 0.505 e. The molecule has 0 saturated heterocycles. The number of carbonyl (C=O) groups excluding carboxylic acids is 1. The quantitative estimate of drug-likeness (QED) is 0.753. The summed E-state index contributed by atoms with van der Waals surface area (Å²) in [6, 6.07) is 5.99. The monoisotopic (exact) mass is 277 g/mol. The van der Waals surface area contributed by atoms with Crippen molar-refractivity contribution in [2.75, 3.05) is 5.32 Å². The van der Waals surface area contributed by atoms with E-state index < -0.39 is 11.7 Å². The second kappa shape index (κ2) is 5.11. The molecule has 0 bridgehead atoms. The third-order valence-electron chi connectivity index (χ3n) is 2.58. The molecule has 1 aromatic heterocycles. The van der Waals surface area contributed by atoms with Gasteiger partial charge in [0.25, 0.3) is 5.91 Å². The van der Waals surface area contributed by atoms with Gasteiger partial charge in [0, 0.05) is 0 Å². The highest BCUT2D eigenvalue weighted by Gasteiger charge is 2.16. The number of aromatic hydroxyl groups is 1. The fourth-order valence-electron chi connectivity index (χ4n) is 1.60. The molecule has 0 aliphatic carbocycles. The van der Waals surface area contributed by atoms with E-state index in [4.69, 9.17) is 5.11 Å². The molecular formula is C13H11NO4S. The van der Waals surface area contributed by atoms with Crippen molar-refractivity contribution in [2.45, 2.75) is 6.92 Å². The number of para-hydroxylation sites is 1. The first-order valence-corrected chi connectivity index (χ1v) is 6.29. The van der Waals surface area contributed by atoms with Gasteiger partial charge in [-0.05, 0) is 36.1 Å². The van der Waals surface area contributed by atoms with Gasteiger partial charge in [-0.15, -0.1) is 11.3 Å². The first-order valence-electron chi connectivity index (χ1n) is 5.41. The minimum absolute atomic E-state index is 0.0812. The maximum absolute atomic E-state index is 12.0. The minimum atomic E-state index is -1.25. The van der Waals surface area contributed by atoms with Crippen LogP contribution in [0.1, 0.15) is 25.6 Å². The van der Waals surface area contributed by atoms with Crippen molar-refractivity contribution in [3.8, 4) is 5.75 Å². The molecule has 3 N–H and O–H groups in total. The maximum atomic E-state index is 12.0. The predicted octanol–water partition coefficient (Wildman–Crippen LogP) is 2.71. The Morgan fingerprint density at radius 3 is 2.58 bits per heavy atom. The molecule has 1 amide bonds. The van der Waals surface area contributed by atoms with Crippen molar-refractivity contribution >= 4 is 28.9 Å². The van der Waals surface area contributed by atoms with Crippen LogP contribution < -0.4 is 5.32 Å². The Hall–Kier alpha value is -2.34. The van der Waals surface area contributed by atoms with Gasteiger partial charge in [-0.2, -0.15) is 0 Å². The fraction of sp³-hybridized carbons (Fsp3) is 0.0769. The zero-order chi connectivity index (χ0) is 14.0. The Bertz CT molecular complexity index is 648. The summed E-state index contributed by atoms with van der Waals surface area (Å²) in [7, 11) is 0. The summed E-state index contributed by atoms with van der Waals surface area (Å²) >= 11 is 1.28. The molecule has 0 unspecified atom stereocenters. The van der Waals surface area contributed by atoms with Gasteiger partial charge in [0.15, 0.2) is 5.75 Å². The first-order chi connectivity index (χ1) is 9.00. The lowest BCUT2D eigenvalue weighted by Gasteiger charge is -2.08. The number of anilines is 1. The van der Waals surface area contributed by atoms with Crippen LogP contribution in [0.3, 0.4) is 0 Å². The van der Waals surface area contributed by atoms with Gasteiger partial charge in [0.1, 0.15) is 5.56 Å². The lowest BCUT2D eigenvalue weighted by molar-refractivity contribution is 0.0693. The fourth-order valence-corrected chi connectivity index (χ4v) is 2.42. The summed E-state index contributed by atoms with van der Waals surface area (Å²) in [6.07, 6.45) is 0. The lowest BCUT2D eigenvalue weighted by Crippen LogP contribution is -2.12. The van der Waals surface area contributed by atoms with Crippen LogP contribution in [0.4, 0.5) is 5.69 Å². The van der Waals surface area contributed by atoms with E-state index in [1.807, 2.05) is 6.07 Å². The van der Waals surface area contributed by atoms with Crippen LogP contribution in [0.15, 0.2) is 29.6 Å². The summed E-state index contributed by atoms with van der Waals surface area (Å²) in [5.74, 6) is -2.07. The molecule has 2 aromatic rings. The highest BCUT2D eigenvalue weighted by molar-refractivity contribution is 7.12. The normalized spacial score (nSPS) is 10.2. The number of amides is 1. The Morgan fingerprint density at radius 2 is 2.00 bits per heavy atom. The number of carboxylic acids is 1. The number of nitrogens with one attached hydrogen (secondary N) is 1. The molecular weight excluding hydrogens is 266 g/mol. The van der Waals surface area contributed by atoms with E-state index in [-0.39, 0.29) is 17.2 Å². The van der Waals surface area contributed by atoms with E-state index in [1.165, 1.54) is 29.5 Å². The lowest BCUT2D eigenvalue weighted by atomic mass is 10.1. The summed E-state index contributed by atoms with van der Waals surface area (Å²) in [4.78, 5) is 23.4. The topological polar surface area (TPSA) is 86.6 Å². The first kappa shape index (κ1) is 13.1. The molecule has 1 aromatic carbocycles. The molecule has 5 nitrogen and oxygen atoms in total. The number of hydrogen-bond acceptors (Lipinski definition) is 4. The van der Waals surface area contributed by atoms with Gasteiger partial charge in [-0.3, -0.25) is 4.79 Å². The van der Waals surface area contributed by atoms with Crippen molar-refractivity contribution in [3.05, 3.63) is 45.6 Å². The standard InChI is InChI=1S/C13H11NO4S/c1-7-5-6-19-11(7)12(16)14-9-4-2-3-8(10(9)15)13(17)18/h2-6,15H,1H3,(H,14,16)(H,17,18). The maximum Gasteiger partial charge on any atom is 0.339 e. The van der Waals surface area contributed by atoms with Crippen LogP contribution in [-0.4, -0.2) is 22.1 Å². The zero-order valence-corrected chi connectivity index (χ0v) is 10.8. The van der Waals surface area contributed by atoms with Crippen LogP contribution in [-0.2, 0) is 0 Å². The summed E-state index contributed by atoms with van der Waals surface area (Å²) < 4.78 is 0. The van der Waals surface area contributed by atoms with Gasteiger partial charge >= 0.3 is 5.97 Å². The van der Waals surface area contributed by atoms with Gasteiger partial charge in [0.2, 0.25) is 0 Å². The van der Waals surface area contributed by atoms with Gasteiger partial charge in [-0.25, -0.2) is 4.79 Å². The highest BCUT2D eigenvalue weighted by Crippen LogP contribution is 2.28. The molecule has 0 spiro atoms. The number of carboxylic acid groups (broad SMARTS) is 1. The highest BCUT2D eigenvalue weighted by atomic mass is 32.1. The summed E-state index contributed by atoms with van der Waals surface area (Å²) in [5, 5.41) is 23.0. The number of carbonyl (C=O) groups is 2. The average Bonchev–Trinajstić information content (AvgIpc) is 2.77. The Kier molecular flexibility index (Phi) is 3.52. The van der Waals surface area contributed by atoms with E-state index >= 15 is 0 Å². The third kappa shape index (κ3) is 2.58. The second-order valence-electron chi connectivity index (χ2n) is 3.89. The van der Waals surface area contributed by atoms with Gasteiger partial charge < -0.3 is 15.5 Å². The molecule has 19 heavy (non-hydrogen) atoms. The number of aromatic carboxylic acids is 1. The van der Waals surface area contributed by atoms with Gasteiger partial charge in [-0.1, -0.05) is 6.07 Å². The minimum Gasteiger partial charge on any atom is -0.505 e. The number of thiophene rings is 1. The SMILES string of the molecule is Cc1ccsc1C(=O)Nc1cccc(C(=O)O)c1O. The van der Waals surface area contributed by atoms with Crippen LogP contribution in [0, 0.1) is 6.92 Å². The molecule has 0 aliphatic rings. The Labute approximate surface area is 113 Å². The summed E-state index contributed by atoms with van der Waals surface area (Å²) in [5.41, 5.74) is 0.662. The second-order valence-corrected chi connectivity index (χ2v) is 4.81. The predicted molar refractivity (Wildman–Crippen MR) is 72.1 cm³/mol. The van der Waals surface area contributed by atoms with Crippen molar-refractivity contribution in [3.63, 3.8) is 0 Å². The smallest absolute Gasteiger partial charge is 0.339 e. The average molecular weight is 277 g/mol. The molecule has 0 atom stereocenters. The Balaban J connectivity index is 2.30. The summed E-state index contributed by atoms with van der Waals surface area (Å²) in [6.45, 7) is 1.80. The molecule has 0 saturated carbocycles. The number of aryl methyl sites for hydroxylation is 1. The number of phenols is 1. The van der Waals surface area contributed by atoms with Crippen LogP contribution in [0.5, 0.6) is 5.75 Å². The number of rotatable bonds is 3. The molecule has 0 radical (unpaired) electrons. The van der Waals surface area contributed by atoms with E-state index in [0.717, 1.165) is 5.56 Å². The number of hydrogen-bond donors (Lipinski definition) is 3. The molecule has 6 heteroatoms. The van der Waals surface area contributed by atoms with Gasteiger partial charge in [0.05, 0.1) is 10.6 Å². The third-order valence-corrected chi connectivity index (χ3v) is 3.60. The molecule has 0 aliphatic heterocycles. The zero-order valence-electron chi connectivity index (χ0n) is 10.0. The van der Waals surface area contributed by atoms with Crippen molar-refractivity contribution in [1.29, 1.82) is 0 Å². The molecule has 98 valence electrons. The Morgan fingerprint density at radius 1 is 1.26 bits per heavy atom. The van der Waals surface area contributed by atoms with Crippen molar-refractivity contribution in [1.82, 2.24) is 0 Å². The van der Waals surface area contributed by atoms with Crippen LogP contribution >= 0.6 is 11.3 Å². The van der Waals surface area contributed by atoms with E-state index in [9.17, 15) is 14.7 Å². The van der Waals surface area contributed by atoms with Crippen LogP contribution in [0.2, 0.25) is 0 Å². The van der Waals surface area contributed by atoms with Crippen LogP contribution in [0.25, 0.3) is 0 Å². The van der Waals surface area contributed by atoms with Crippen molar-refractivity contribution < 1.29 is 19.8 Å². The number of benzene rings is 1. The molecule has 1 heterocycles. The molecule has 0 fully saturated rings. The molecule has 2 rings (SSSR count). The van der Waals surface area contributed by atoms with E-state index in [2.05, 4.69) is 5.32 Å². The van der Waals surface area contributed by atoms with E-state index in [1.54, 1.807) is 12.3 Å². The van der Waals surface area contributed by atoms with E-state index in [0.29, 0.717) is 4.88 Å². The van der Waals surface area contributed by atoms with Crippen molar-refractivity contribution in [2.24, 2.45) is 0 Å².